The van der Waals surface area contributed by atoms with Crippen molar-refractivity contribution in [2.75, 3.05) is 60.5 Å². The number of nitrogens with one attached hydrogen (secondary N) is 2. The molecule has 2 N–H and O–H groups in total. The summed E-state index contributed by atoms with van der Waals surface area (Å²) < 4.78 is 96.9. The Labute approximate surface area is 606 Å². The zero-order valence-corrected chi connectivity index (χ0v) is 64.4. The molecular weight excluding hydrogens is 1300 g/mol. The zero-order valence-electron chi connectivity index (χ0n) is 63.5. The predicted molar refractivity (Wildman–Crippen MR) is 398 cm³/mol. The third kappa shape index (κ3) is 43.5. The first-order valence-electron chi connectivity index (χ1n) is 39.3. The van der Waals surface area contributed by atoms with Gasteiger partial charge in [-0.05, 0) is 64.7 Å². The van der Waals surface area contributed by atoms with Gasteiger partial charge in [0, 0.05) is 40.3 Å². The molecule has 2 heterocycles. The molecule has 21 heteroatoms. The van der Waals surface area contributed by atoms with Gasteiger partial charge in [0.1, 0.15) is 55.0 Å². The van der Waals surface area contributed by atoms with Crippen LogP contribution in [0.25, 0.3) is 0 Å². The van der Waals surface area contributed by atoms with Gasteiger partial charge in [-0.2, -0.15) is 0 Å². The average Bonchev–Trinajstić information content (AvgIpc) is 0.780. The number of phosphoric acid groups is 1. The number of methoxy groups -OCH3 is 2. The van der Waals surface area contributed by atoms with Gasteiger partial charge in [-0.1, -0.05) is 251 Å². The highest BCUT2D eigenvalue weighted by Gasteiger charge is 2.54. The lowest BCUT2D eigenvalue weighted by atomic mass is 9.95. The number of amides is 2. The van der Waals surface area contributed by atoms with Crippen LogP contribution in [0.1, 0.15) is 291 Å². The van der Waals surface area contributed by atoms with Crippen molar-refractivity contribution < 1.29 is 84.7 Å². The number of ether oxygens (including phenoxy) is 10. The van der Waals surface area contributed by atoms with Crippen LogP contribution in [0.15, 0.2) is 62.5 Å². The highest BCUT2D eigenvalue weighted by atomic mass is 31.2. The van der Waals surface area contributed by atoms with Crippen molar-refractivity contribution in [3.63, 3.8) is 0 Å². The second-order valence-electron chi connectivity index (χ2n) is 26.9. The van der Waals surface area contributed by atoms with Gasteiger partial charge in [0.2, 0.25) is 18.1 Å². The minimum absolute atomic E-state index is 0.103. The Balaban J connectivity index is 2.74. The van der Waals surface area contributed by atoms with Crippen molar-refractivity contribution >= 4 is 31.6 Å². The van der Waals surface area contributed by atoms with Crippen LogP contribution < -0.4 is 10.6 Å². The molecule has 0 aromatic rings. The quantitative estimate of drug-likeness (QED) is 0.0144. The van der Waals surface area contributed by atoms with E-state index in [9.17, 15) is 23.7 Å². The summed E-state index contributed by atoms with van der Waals surface area (Å²) in [4.78, 5) is 56.2. The Bertz CT molecular complexity index is 2170. The number of carbonyl (C=O) groups excluding carboxylic acids is 4. The Morgan fingerprint density at radius 1 is 0.500 bits per heavy atom. The fourth-order valence-corrected chi connectivity index (χ4v) is 13.8. The van der Waals surface area contributed by atoms with Gasteiger partial charge in [0.15, 0.2) is 12.4 Å². The molecule has 20 nitrogen and oxygen atoms in total. The second kappa shape index (κ2) is 62.6. The molecule has 0 bridgehead atoms. The first-order valence-corrected chi connectivity index (χ1v) is 40.7. The monoisotopic (exact) mass is 1440 g/mol. The predicted octanol–water partition coefficient (Wildman–Crippen LogP) is 18.8. The maximum atomic E-state index is 14.8. The number of phosphoric ester groups is 1. The molecule has 2 rings (SSSR count). The summed E-state index contributed by atoms with van der Waals surface area (Å²) in [5, 5.41) is 6.22. The Morgan fingerprint density at radius 3 is 1.52 bits per heavy atom. The highest BCUT2D eigenvalue weighted by molar-refractivity contribution is 7.48. The number of ketones is 1. The van der Waals surface area contributed by atoms with E-state index in [4.69, 9.17) is 60.9 Å². The molecule has 11 atom stereocenters. The first kappa shape index (κ1) is 92.3. The molecule has 2 fully saturated rings. The van der Waals surface area contributed by atoms with Gasteiger partial charge in [0.25, 0.3) is 0 Å². The molecule has 0 radical (unpaired) electrons. The molecular formula is C79H141N2O18P. The number of hydrogen-bond acceptors (Lipinski definition) is 18. The van der Waals surface area contributed by atoms with E-state index in [1.807, 2.05) is 0 Å². The number of rotatable bonds is 68. The van der Waals surface area contributed by atoms with Crippen LogP contribution in [0.5, 0.6) is 0 Å². The lowest BCUT2D eigenvalue weighted by Gasteiger charge is -2.48. The van der Waals surface area contributed by atoms with E-state index in [1.165, 1.54) is 102 Å². The maximum absolute atomic E-state index is 14.8. The lowest BCUT2D eigenvalue weighted by Crippen LogP contribution is -2.68. The molecule has 0 saturated carbocycles. The third-order valence-corrected chi connectivity index (χ3v) is 19.6. The van der Waals surface area contributed by atoms with Gasteiger partial charge in [0.05, 0.1) is 45.2 Å². The summed E-state index contributed by atoms with van der Waals surface area (Å²) in [6.45, 7) is 21.0. The SMILES string of the molecule is C=CCOC(=O)O[C@H]1[C@H](OCCCCCCCCCC)[C@@H](NC(=O)CC(=O)CCCCCCCCCCC)[C@H](O/C=C\C)O[C@@H]1CO[C@@H]1O[C@H](COC)[C@@H](OP(=O)(OCC=C)OCC=C)[C@H](OCC[C@@H](CCCCCCC)OC)[C@H]1NC(=O)CCCCCCCCC/C=C\CCCCCC. The van der Waals surface area contributed by atoms with Crippen LogP contribution in [-0.4, -0.2) is 152 Å². The maximum Gasteiger partial charge on any atom is 0.509 e. The number of unbranched alkanes of at least 4 members (excludes halogenated alkanes) is 30. The average molecular weight is 1440 g/mol. The molecule has 100 heavy (non-hydrogen) atoms. The summed E-state index contributed by atoms with van der Waals surface area (Å²) >= 11 is 0. The van der Waals surface area contributed by atoms with Crippen LogP contribution in [0.4, 0.5) is 4.79 Å². The molecule has 0 aromatic carbocycles. The van der Waals surface area contributed by atoms with Crippen molar-refractivity contribution in [2.24, 2.45) is 0 Å². The third-order valence-electron chi connectivity index (χ3n) is 18.2. The topological polar surface area (TPSA) is 229 Å². The summed E-state index contributed by atoms with van der Waals surface area (Å²) in [6.07, 6.45) is 39.6. The largest absolute Gasteiger partial charge is 0.509 e. The summed E-state index contributed by atoms with van der Waals surface area (Å²) in [6, 6.07) is -2.33. The first-order chi connectivity index (χ1) is 48.8. The molecule has 2 amide bonds. The van der Waals surface area contributed by atoms with Crippen LogP contribution in [0.3, 0.4) is 0 Å². The normalized spacial score (nSPS) is 21.3. The Morgan fingerprint density at radius 2 is 0.970 bits per heavy atom. The fraction of sp³-hybridized carbons (Fsp3) is 0.823. The van der Waals surface area contributed by atoms with Crippen LogP contribution in [0.2, 0.25) is 0 Å². The molecule has 0 aromatic heterocycles. The number of allylic oxidation sites excluding steroid dienone is 3. The van der Waals surface area contributed by atoms with Gasteiger partial charge >= 0.3 is 14.0 Å². The van der Waals surface area contributed by atoms with Crippen molar-refractivity contribution in [2.45, 2.75) is 359 Å². The second-order valence-corrected chi connectivity index (χ2v) is 28.5. The standard InChI is InChI=1S/C79H141N2O18P/c1-11-19-23-27-30-33-34-35-36-37-38-40-42-46-50-54-69(83)80-72-76(90-61-55-66(88-10)53-49-44-26-22-14-4)74(99-100(86,94-58-17-7)95-59-18-8)67(63-87-9)96-78(72)93-64-68-73(98-79(85)92-57-16-6)75(89-60-51-47-43-32-29-25-21-13-3)71(77(97-68)91-56-15-5)81-70(84)62-65(82)52-48-45-41-39-31-28-24-20-12-2/h15-18,33-34,56,66-68,71-78H,6-8,11-14,19-32,35-55,57-64H2,1-5,9-10H3,(H,80,83)(H,81,84)/b34-33-,56-15-/t66-,67-,68-,71-,72-,73-,74-,75-,76-,77-,78-/m1/s1. The Hall–Kier alpha value is -3.79. The highest BCUT2D eigenvalue weighted by Crippen LogP contribution is 2.52. The minimum Gasteiger partial charge on any atom is -0.471 e. The smallest absolute Gasteiger partial charge is 0.471 e. The lowest BCUT2D eigenvalue weighted by molar-refractivity contribution is -0.303. The summed E-state index contributed by atoms with van der Waals surface area (Å²) in [5.41, 5.74) is 0. The van der Waals surface area contributed by atoms with E-state index >= 15 is 0 Å². The molecule has 2 aliphatic rings. The molecule has 2 saturated heterocycles. The zero-order chi connectivity index (χ0) is 73.0. The van der Waals surface area contributed by atoms with E-state index in [0.717, 1.165) is 141 Å². The van der Waals surface area contributed by atoms with E-state index in [2.05, 4.69) is 70.2 Å². The van der Waals surface area contributed by atoms with E-state index in [1.54, 1.807) is 20.1 Å². The molecule has 0 unspecified atom stereocenters. The van der Waals surface area contributed by atoms with Gasteiger partial charge in [-0.25, -0.2) is 9.36 Å². The Kier molecular flexibility index (Phi) is 57.8. The van der Waals surface area contributed by atoms with Gasteiger partial charge < -0.3 is 58.0 Å². The molecule has 2 aliphatic heterocycles. The number of Topliss-reactive ketones (excluding diaryl/α,β-unsaturated/α-hetero) is 1. The fourth-order valence-electron chi connectivity index (χ4n) is 12.5. The van der Waals surface area contributed by atoms with Gasteiger partial charge in [-0.3, -0.25) is 28.0 Å². The van der Waals surface area contributed by atoms with Gasteiger partial charge in [-0.15, -0.1) is 13.2 Å². The summed E-state index contributed by atoms with van der Waals surface area (Å²) in [7, 11) is -1.33. The van der Waals surface area contributed by atoms with Crippen molar-refractivity contribution in [3.8, 4) is 0 Å². The van der Waals surface area contributed by atoms with Crippen molar-refractivity contribution in [1.29, 1.82) is 0 Å². The number of carbonyl (C=O) groups is 4. The van der Waals surface area contributed by atoms with Crippen LogP contribution in [-0.2, 0) is 79.9 Å². The van der Waals surface area contributed by atoms with Crippen LogP contribution in [0, 0.1) is 0 Å². The van der Waals surface area contributed by atoms with Crippen molar-refractivity contribution in [1.82, 2.24) is 10.6 Å². The summed E-state index contributed by atoms with van der Waals surface area (Å²) in [5.74, 6) is -1.10. The molecule has 0 spiro atoms. The van der Waals surface area contributed by atoms with Crippen LogP contribution >= 0.6 is 7.82 Å². The minimum atomic E-state index is -4.49. The van der Waals surface area contributed by atoms with Crippen molar-refractivity contribution in [3.05, 3.63) is 62.5 Å². The van der Waals surface area contributed by atoms with E-state index in [-0.39, 0.29) is 70.3 Å². The number of hydrogen-bond donors (Lipinski definition) is 2. The molecule has 0 aliphatic carbocycles. The molecule has 580 valence electrons. The van der Waals surface area contributed by atoms with E-state index in [0.29, 0.717) is 25.7 Å². The van der Waals surface area contributed by atoms with E-state index < -0.39 is 94.2 Å².